The molecule has 0 radical (unpaired) electrons. The molecule has 4 rings (SSSR count). The molecule has 0 heterocycles. The highest BCUT2D eigenvalue weighted by Gasteiger charge is 2.64. The number of carbonyl (C=O) groups excluding carboxylic acids is 2. The van der Waals surface area contributed by atoms with E-state index in [9.17, 15) is 9.59 Å². The number of allylic oxidation sites excluding steroid dienone is 1. The summed E-state index contributed by atoms with van der Waals surface area (Å²) in [7, 11) is 0. The number of rotatable bonds is 3. The number of esters is 2. The maximum Gasteiger partial charge on any atom is 0.302 e. The van der Waals surface area contributed by atoms with Gasteiger partial charge in [0.2, 0.25) is 0 Å². The van der Waals surface area contributed by atoms with Crippen LogP contribution in [0.4, 0.5) is 0 Å². The molecule has 0 bridgehead atoms. The Kier molecular flexibility index (Phi) is 5.36. The van der Waals surface area contributed by atoms with Crippen LogP contribution in [-0.4, -0.2) is 24.1 Å². The zero-order valence-electron chi connectivity index (χ0n) is 18.6. The molecule has 0 N–H and O–H groups in total. The molecule has 162 valence electrons. The van der Waals surface area contributed by atoms with E-state index in [0.29, 0.717) is 29.6 Å². The summed E-state index contributed by atoms with van der Waals surface area (Å²) in [6.45, 7) is 12.0. The maximum absolute atomic E-state index is 12.0. The van der Waals surface area contributed by atoms with Crippen LogP contribution in [0.3, 0.4) is 0 Å². The molecule has 0 amide bonds. The molecule has 0 aromatic rings. The second-order valence-electron chi connectivity index (χ2n) is 10.8. The van der Waals surface area contributed by atoms with Gasteiger partial charge in [0.15, 0.2) is 0 Å². The minimum absolute atomic E-state index is 0.0153. The first-order valence-corrected chi connectivity index (χ1v) is 11.7. The minimum atomic E-state index is -0.155. The Labute approximate surface area is 175 Å². The molecule has 0 aromatic carbocycles. The second kappa shape index (κ2) is 7.42. The molecule has 9 atom stereocenters. The van der Waals surface area contributed by atoms with E-state index in [2.05, 4.69) is 26.5 Å². The molecule has 4 aliphatic rings. The molecule has 0 aliphatic heterocycles. The van der Waals surface area contributed by atoms with Gasteiger partial charge in [-0.2, -0.15) is 0 Å². The Morgan fingerprint density at radius 1 is 0.931 bits per heavy atom. The molecule has 29 heavy (non-hydrogen) atoms. The highest BCUT2D eigenvalue weighted by atomic mass is 16.5. The minimum Gasteiger partial charge on any atom is -0.463 e. The summed E-state index contributed by atoms with van der Waals surface area (Å²) in [6.07, 6.45) is 11.1. The molecule has 4 heteroatoms. The van der Waals surface area contributed by atoms with Crippen LogP contribution in [-0.2, 0) is 19.1 Å². The third kappa shape index (κ3) is 3.25. The van der Waals surface area contributed by atoms with Crippen molar-refractivity contribution in [3.63, 3.8) is 0 Å². The highest BCUT2D eigenvalue weighted by Crippen LogP contribution is 2.68. The number of hydrogen-bond acceptors (Lipinski definition) is 4. The summed E-state index contributed by atoms with van der Waals surface area (Å²) in [5, 5.41) is 0. The van der Waals surface area contributed by atoms with Gasteiger partial charge in [-0.1, -0.05) is 19.9 Å². The van der Waals surface area contributed by atoms with Gasteiger partial charge in [0.25, 0.3) is 0 Å². The summed E-state index contributed by atoms with van der Waals surface area (Å²) in [4.78, 5) is 23.5. The summed E-state index contributed by atoms with van der Waals surface area (Å²) >= 11 is 0. The average Bonchev–Trinajstić information content (AvgIpc) is 2.99. The van der Waals surface area contributed by atoms with Crippen molar-refractivity contribution in [1.82, 2.24) is 0 Å². The second-order valence-corrected chi connectivity index (χ2v) is 10.8. The predicted molar refractivity (Wildman–Crippen MR) is 112 cm³/mol. The molecule has 0 spiro atoms. The quantitative estimate of drug-likeness (QED) is 0.474. The number of hydrogen-bond donors (Lipinski definition) is 0. The SMILES string of the molecule is C=C[C@@H]1CC[C@@H]2[C@H]3CC[C@H]4C[C@@H](OC(C)=O)CC[C@]4(C)[C@@H]3C[C@@H](OC(C)=O)[C@]12C. The smallest absolute Gasteiger partial charge is 0.302 e. The van der Waals surface area contributed by atoms with Gasteiger partial charge >= 0.3 is 11.9 Å². The Morgan fingerprint density at radius 2 is 1.66 bits per heavy atom. The van der Waals surface area contributed by atoms with Gasteiger partial charge in [-0.3, -0.25) is 9.59 Å². The first-order valence-electron chi connectivity index (χ1n) is 11.7. The fourth-order valence-corrected chi connectivity index (χ4v) is 8.31. The normalized spacial score (nSPS) is 48.6. The van der Waals surface area contributed by atoms with Crippen molar-refractivity contribution in [3.05, 3.63) is 12.7 Å². The van der Waals surface area contributed by atoms with Crippen LogP contribution in [0.1, 0.15) is 79.1 Å². The summed E-state index contributed by atoms with van der Waals surface area (Å²) in [5.41, 5.74) is 0.276. The van der Waals surface area contributed by atoms with Crippen molar-refractivity contribution in [1.29, 1.82) is 0 Å². The van der Waals surface area contributed by atoms with Crippen LogP contribution in [0, 0.1) is 40.4 Å². The van der Waals surface area contributed by atoms with Gasteiger partial charge in [0, 0.05) is 19.3 Å². The van der Waals surface area contributed by atoms with Gasteiger partial charge in [0.1, 0.15) is 12.2 Å². The molecule has 0 aromatic heterocycles. The lowest BCUT2D eigenvalue weighted by atomic mass is 9.44. The van der Waals surface area contributed by atoms with Gasteiger partial charge in [-0.15, -0.1) is 6.58 Å². The van der Waals surface area contributed by atoms with E-state index in [1.807, 2.05) is 0 Å². The van der Waals surface area contributed by atoms with Crippen molar-refractivity contribution in [2.75, 3.05) is 0 Å². The zero-order valence-corrected chi connectivity index (χ0v) is 18.6. The number of ether oxygens (including phenoxy) is 2. The van der Waals surface area contributed by atoms with Gasteiger partial charge in [-0.25, -0.2) is 0 Å². The van der Waals surface area contributed by atoms with Crippen LogP contribution >= 0.6 is 0 Å². The monoisotopic (exact) mass is 402 g/mol. The Morgan fingerprint density at radius 3 is 2.31 bits per heavy atom. The van der Waals surface area contributed by atoms with Crippen molar-refractivity contribution >= 4 is 11.9 Å². The van der Waals surface area contributed by atoms with Gasteiger partial charge in [-0.05, 0) is 86.4 Å². The summed E-state index contributed by atoms with van der Waals surface area (Å²) < 4.78 is 11.6. The molecule has 4 aliphatic carbocycles. The highest BCUT2D eigenvalue weighted by molar-refractivity contribution is 5.66. The maximum atomic E-state index is 12.0. The molecule has 4 saturated carbocycles. The van der Waals surface area contributed by atoms with Gasteiger partial charge in [0.05, 0.1) is 0 Å². The predicted octanol–water partition coefficient (Wildman–Crippen LogP) is 5.30. The molecular weight excluding hydrogens is 364 g/mol. The molecule has 0 saturated heterocycles. The Balaban J connectivity index is 1.62. The summed E-state index contributed by atoms with van der Waals surface area (Å²) in [6, 6.07) is 0. The van der Waals surface area contributed by atoms with Crippen LogP contribution in [0.15, 0.2) is 12.7 Å². The lowest BCUT2D eigenvalue weighted by molar-refractivity contribution is -0.192. The van der Waals surface area contributed by atoms with Crippen molar-refractivity contribution in [2.24, 2.45) is 40.4 Å². The van der Waals surface area contributed by atoms with Crippen molar-refractivity contribution < 1.29 is 19.1 Å². The first-order chi connectivity index (χ1) is 13.7. The molecule has 4 nitrogen and oxygen atoms in total. The molecule has 0 unspecified atom stereocenters. The first kappa shape index (κ1) is 20.9. The third-order valence-electron chi connectivity index (χ3n) is 9.69. The fourth-order valence-electron chi connectivity index (χ4n) is 8.31. The van der Waals surface area contributed by atoms with Crippen LogP contribution < -0.4 is 0 Å². The van der Waals surface area contributed by atoms with E-state index in [-0.39, 0.29) is 35.0 Å². The Bertz CT molecular complexity index is 686. The van der Waals surface area contributed by atoms with Crippen molar-refractivity contribution in [3.8, 4) is 0 Å². The van der Waals surface area contributed by atoms with E-state index >= 15 is 0 Å². The Hall–Kier alpha value is -1.32. The van der Waals surface area contributed by atoms with Crippen LogP contribution in [0.2, 0.25) is 0 Å². The molecule has 4 fully saturated rings. The van der Waals surface area contributed by atoms with Crippen LogP contribution in [0.25, 0.3) is 0 Å². The lowest BCUT2D eigenvalue weighted by Gasteiger charge is -2.62. The van der Waals surface area contributed by atoms with E-state index < -0.39 is 0 Å². The summed E-state index contributed by atoms with van der Waals surface area (Å²) in [5.74, 6) is 2.63. The fraction of sp³-hybridized carbons (Fsp3) is 0.840. The number of fused-ring (bicyclic) bond motifs is 5. The van der Waals surface area contributed by atoms with Crippen LogP contribution in [0.5, 0.6) is 0 Å². The third-order valence-corrected chi connectivity index (χ3v) is 9.69. The van der Waals surface area contributed by atoms with Crippen molar-refractivity contribution in [2.45, 2.75) is 91.3 Å². The topological polar surface area (TPSA) is 52.6 Å². The molecular formula is C25H38O4. The number of carbonyl (C=O) groups is 2. The van der Waals surface area contributed by atoms with E-state index in [4.69, 9.17) is 9.47 Å². The van der Waals surface area contributed by atoms with E-state index in [1.54, 1.807) is 6.92 Å². The standard InChI is InChI=1S/C25H38O4/c1-6-17-8-10-21-20-9-7-18-13-19(28-15(2)26)11-12-24(18,4)22(20)14-23(25(17,21)5)29-16(3)27/h6,17-23H,1,7-14H2,2-5H3/t17-,18+,19+,20-,21-,22-,23-,24+,25-/m1/s1. The largest absolute Gasteiger partial charge is 0.463 e. The lowest BCUT2D eigenvalue weighted by Crippen LogP contribution is -2.59. The van der Waals surface area contributed by atoms with Gasteiger partial charge < -0.3 is 9.47 Å². The average molecular weight is 403 g/mol. The zero-order chi connectivity index (χ0) is 21.0. The van der Waals surface area contributed by atoms with E-state index in [0.717, 1.165) is 25.7 Å². The van der Waals surface area contributed by atoms with E-state index in [1.165, 1.54) is 32.6 Å².